The van der Waals surface area contributed by atoms with Gasteiger partial charge in [-0.2, -0.15) is 0 Å². The third-order valence-corrected chi connectivity index (χ3v) is 3.67. The first kappa shape index (κ1) is 19.5. The molecule has 0 unspecified atom stereocenters. The molecule has 0 atom stereocenters. The molecule has 0 N–H and O–H groups in total. The van der Waals surface area contributed by atoms with Crippen molar-refractivity contribution in [2.45, 2.75) is 104 Å². The van der Waals surface area contributed by atoms with Crippen LogP contribution < -0.4 is 0 Å². The molecule has 0 aromatic rings. The Hall–Kier alpha value is -0.530. The standard InChI is InChI=1S/C18H35O2/c1-3-4-5-6-7-8-9-10-11-12-13-14-15-16-17-20-18(2)19/h17H,3-16H2,1-2H3. The third-order valence-electron chi connectivity index (χ3n) is 3.67. The Kier molecular flexibility index (Phi) is 16.1. The van der Waals surface area contributed by atoms with Crippen LogP contribution in [0.1, 0.15) is 104 Å². The van der Waals surface area contributed by atoms with Crippen LogP contribution >= 0.6 is 0 Å². The number of carbonyl (C=O) groups excluding carboxylic acids is 1. The van der Waals surface area contributed by atoms with E-state index in [4.69, 9.17) is 4.74 Å². The van der Waals surface area contributed by atoms with Crippen LogP contribution in [0, 0.1) is 6.61 Å². The number of rotatable bonds is 15. The van der Waals surface area contributed by atoms with Crippen molar-refractivity contribution >= 4 is 5.97 Å². The topological polar surface area (TPSA) is 26.3 Å². The van der Waals surface area contributed by atoms with Gasteiger partial charge < -0.3 is 4.74 Å². The van der Waals surface area contributed by atoms with Gasteiger partial charge in [0.1, 0.15) is 6.61 Å². The van der Waals surface area contributed by atoms with Crippen molar-refractivity contribution in [1.82, 2.24) is 0 Å². The summed E-state index contributed by atoms with van der Waals surface area (Å²) in [5, 5.41) is 0. The van der Waals surface area contributed by atoms with E-state index in [1.54, 1.807) is 6.61 Å². The molecule has 0 rings (SSSR count). The zero-order valence-corrected chi connectivity index (χ0v) is 13.8. The first-order valence-electron chi connectivity index (χ1n) is 8.76. The Morgan fingerprint density at radius 3 is 1.55 bits per heavy atom. The molecule has 1 radical (unpaired) electrons. The van der Waals surface area contributed by atoms with E-state index >= 15 is 0 Å². The van der Waals surface area contributed by atoms with E-state index in [1.807, 2.05) is 0 Å². The number of hydrogen-bond donors (Lipinski definition) is 0. The molecule has 0 spiro atoms. The molecular weight excluding hydrogens is 248 g/mol. The molecule has 0 saturated carbocycles. The Labute approximate surface area is 126 Å². The van der Waals surface area contributed by atoms with E-state index in [0.29, 0.717) is 0 Å². The minimum absolute atomic E-state index is 0.209. The molecule has 2 heteroatoms. The average molecular weight is 283 g/mol. The van der Waals surface area contributed by atoms with Crippen LogP contribution in [0.3, 0.4) is 0 Å². The van der Waals surface area contributed by atoms with Crippen LogP contribution in [-0.4, -0.2) is 5.97 Å². The zero-order chi connectivity index (χ0) is 14.9. The summed E-state index contributed by atoms with van der Waals surface area (Å²) in [6.07, 6.45) is 18.7. The average Bonchev–Trinajstić information content (AvgIpc) is 2.43. The molecule has 2 nitrogen and oxygen atoms in total. The maximum absolute atomic E-state index is 10.5. The van der Waals surface area contributed by atoms with Gasteiger partial charge >= 0.3 is 5.97 Å². The van der Waals surface area contributed by atoms with E-state index in [-0.39, 0.29) is 5.97 Å². The lowest BCUT2D eigenvalue weighted by atomic mass is 10.0. The molecule has 0 fully saturated rings. The van der Waals surface area contributed by atoms with Gasteiger partial charge in [0.15, 0.2) is 0 Å². The molecule has 0 aromatic heterocycles. The quantitative estimate of drug-likeness (QED) is 0.264. The zero-order valence-electron chi connectivity index (χ0n) is 13.8. The van der Waals surface area contributed by atoms with Crippen LogP contribution in [0.2, 0.25) is 0 Å². The summed E-state index contributed by atoms with van der Waals surface area (Å²) < 4.78 is 4.78. The second kappa shape index (κ2) is 16.5. The van der Waals surface area contributed by atoms with Gasteiger partial charge in [0.2, 0.25) is 0 Å². The fourth-order valence-corrected chi connectivity index (χ4v) is 2.42. The SMILES string of the molecule is CCCCCCCCCCCCCCC[CH]OC(C)=O. The highest BCUT2D eigenvalue weighted by Crippen LogP contribution is 2.13. The third kappa shape index (κ3) is 17.5. The maximum Gasteiger partial charge on any atom is 0.303 e. The van der Waals surface area contributed by atoms with E-state index in [0.717, 1.165) is 12.8 Å². The molecule has 0 aliphatic rings. The van der Waals surface area contributed by atoms with Gasteiger partial charge in [-0.3, -0.25) is 4.79 Å². The lowest BCUT2D eigenvalue weighted by Crippen LogP contribution is -1.94. The molecule has 20 heavy (non-hydrogen) atoms. The lowest BCUT2D eigenvalue weighted by Gasteiger charge is -2.03. The van der Waals surface area contributed by atoms with Gasteiger partial charge in [-0.1, -0.05) is 84.0 Å². The van der Waals surface area contributed by atoms with Crippen molar-refractivity contribution < 1.29 is 9.53 Å². The van der Waals surface area contributed by atoms with E-state index in [2.05, 4.69) is 6.92 Å². The summed E-state index contributed by atoms with van der Waals surface area (Å²) >= 11 is 0. The molecule has 0 bridgehead atoms. The van der Waals surface area contributed by atoms with Crippen molar-refractivity contribution in [3.8, 4) is 0 Å². The van der Waals surface area contributed by atoms with Gasteiger partial charge in [0.25, 0.3) is 0 Å². The second-order valence-electron chi connectivity index (χ2n) is 5.81. The highest BCUT2D eigenvalue weighted by molar-refractivity contribution is 5.66. The van der Waals surface area contributed by atoms with Gasteiger partial charge in [-0.25, -0.2) is 0 Å². The first-order valence-corrected chi connectivity index (χ1v) is 8.76. The Morgan fingerprint density at radius 1 is 0.750 bits per heavy atom. The van der Waals surface area contributed by atoms with Gasteiger partial charge in [-0.05, 0) is 12.8 Å². The Balaban J connectivity index is 2.94. The van der Waals surface area contributed by atoms with Crippen LogP contribution in [0.4, 0.5) is 0 Å². The van der Waals surface area contributed by atoms with Crippen LogP contribution in [-0.2, 0) is 9.53 Å². The highest BCUT2D eigenvalue weighted by Gasteiger charge is 1.95. The minimum Gasteiger partial charge on any atom is -0.459 e. The van der Waals surface area contributed by atoms with Gasteiger partial charge in [0.05, 0.1) is 0 Å². The van der Waals surface area contributed by atoms with Crippen molar-refractivity contribution in [3.63, 3.8) is 0 Å². The summed E-state index contributed by atoms with van der Waals surface area (Å²) in [5.74, 6) is -0.209. The monoisotopic (exact) mass is 283 g/mol. The second-order valence-corrected chi connectivity index (χ2v) is 5.81. The summed E-state index contributed by atoms with van der Waals surface area (Å²) in [6, 6.07) is 0. The molecular formula is C18H35O2. The van der Waals surface area contributed by atoms with Crippen molar-refractivity contribution in [2.75, 3.05) is 0 Å². The molecule has 0 aliphatic carbocycles. The van der Waals surface area contributed by atoms with E-state index in [1.165, 1.54) is 84.0 Å². The number of carbonyl (C=O) groups is 1. The number of unbranched alkanes of at least 4 members (excludes halogenated alkanes) is 13. The molecule has 0 saturated heterocycles. The van der Waals surface area contributed by atoms with E-state index in [9.17, 15) is 4.79 Å². The van der Waals surface area contributed by atoms with Crippen LogP contribution in [0.5, 0.6) is 0 Å². The van der Waals surface area contributed by atoms with Gasteiger partial charge in [0, 0.05) is 6.92 Å². The number of esters is 1. The molecule has 0 aliphatic heterocycles. The van der Waals surface area contributed by atoms with Crippen LogP contribution in [0.15, 0.2) is 0 Å². The maximum atomic E-state index is 10.5. The smallest absolute Gasteiger partial charge is 0.303 e. The molecule has 0 amide bonds. The first-order chi connectivity index (χ1) is 9.77. The van der Waals surface area contributed by atoms with E-state index < -0.39 is 0 Å². The summed E-state index contributed by atoms with van der Waals surface area (Å²) in [7, 11) is 0. The van der Waals surface area contributed by atoms with Crippen LogP contribution in [0.25, 0.3) is 0 Å². The normalized spacial score (nSPS) is 10.7. The molecule has 0 heterocycles. The minimum atomic E-state index is -0.209. The van der Waals surface area contributed by atoms with Gasteiger partial charge in [-0.15, -0.1) is 0 Å². The predicted molar refractivity (Wildman–Crippen MR) is 86.4 cm³/mol. The largest absolute Gasteiger partial charge is 0.459 e. The highest BCUT2D eigenvalue weighted by atomic mass is 16.5. The Morgan fingerprint density at radius 2 is 1.15 bits per heavy atom. The number of ether oxygens (including phenoxy) is 1. The summed E-state index contributed by atoms with van der Waals surface area (Å²) in [5.41, 5.74) is 0. The summed E-state index contributed by atoms with van der Waals surface area (Å²) in [6.45, 7) is 5.36. The van der Waals surface area contributed by atoms with Crippen molar-refractivity contribution in [3.05, 3.63) is 6.61 Å². The predicted octanol–water partition coefficient (Wildman–Crippen LogP) is 6.19. The van der Waals surface area contributed by atoms with Crippen molar-refractivity contribution in [2.24, 2.45) is 0 Å². The molecule has 0 aromatic carbocycles. The Bertz CT molecular complexity index is 202. The van der Waals surface area contributed by atoms with Crippen molar-refractivity contribution in [1.29, 1.82) is 0 Å². The number of hydrogen-bond acceptors (Lipinski definition) is 2. The molecule has 119 valence electrons. The fraction of sp³-hybridized carbons (Fsp3) is 0.889. The lowest BCUT2D eigenvalue weighted by molar-refractivity contribution is -0.137. The summed E-state index contributed by atoms with van der Waals surface area (Å²) in [4.78, 5) is 10.5. The fourth-order valence-electron chi connectivity index (χ4n) is 2.42.